The van der Waals surface area contributed by atoms with E-state index in [-0.39, 0.29) is 11.6 Å². The molecule has 0 fully saturated rings. The summed E-state index contributed by atoms with van der Waals surface area (Å²) >= 11 is 3.47. The average molecular weight is 393 g/mol. The molecule has 0 atom stereocenters. The molecule has 1 aromatic heterocycles. The fourth-order valence-electron chi connectivity index (χ4n) is 1.99. The van der Waals surface area contributed by atoms with E-state index in [1.54, 1.807) is 11.9 Å². The Kier molecular flexibility index (Phi) is 6.25. The lowest BCUT2D eigenvalue weighted by Gasteiger charge is -2.18. The first-order valence-electron chi connectivity index (χ1n) is 7.24. The molecule has 0 saturated carbocycles. The van der Waals surface area contributed by atoms with Crippen molar-refractivity contribution in [1.82, 2.24) is 14.9 Å². The second kappa shape index (κ2) is 8.39. The Morgan fingerprint density at radius 1 is 1.25 bits per heavy atom. The molecule has 0 aliphatic carbocycles. The highest BCUT2D eigenvalue weighted by Crippen LogP contribution is 2.17. The van der Waals surface area contributed by atoms with Crippen LogP contribution in [0.3, 0.4) is 0 Å². The van der Waals surface area contributed by atoms with Gasteiger partial charge in [0.2, 0.25) is 5.91 Å². The van der Waals surface area contributed by atoms with Gasteiger partial charge >= 0.3 is 5.97 Å². The number of amides is 1. The average Bonchev–Trinajstić information content (AvgIpc) is 2.57. The quantitative estimate of drug-likeness (QED) is 0.750. The standard InChI is InChI=1S/C16H17BrN4O3/c1-21(10-11-4-2-3-5-12(11)17)15(22)6-7-18-14-9-19-13(8-20-14)16(23)24/h2-5,8-9H,6-7,10H2,1H3,(H,18,20)(H,23,24). The number of nitrogens with one attached hydrogen (secondary N) is 1. The maximum absolute atomic E-state index is 12.1. The third kappa shape index (κ3) is 5.02. The first-order chi connectivity index (χ1) is 11.5. The molecule has 126 valence electrons. The van der Waals surface area contributed by atoms with Crippen LogP contribution in [-0.4, -0.2) is 45.4 Å². The number of carboxylic acids is 1. The van der Waals surface area contributed by atoms with Gasteiger partial charge in [0.15, 0.2) is 5.69 Å². The summed E-state index contributed by atoms with van der Waals surface area (Å²) in [7, 11) is 1.75. The van der Waals surface area contributed by atoms with Crippen molar-refractivity contribution in [3.8, 4) is 0 Å². The van der Waals surface area contributed by atoms with Gasteiger partial charge in [0.05, 0.1) is 12.4 Å². The summed E-state index contributed by atoms with van der Waals surface area (Å²) in [4.78, 5) is 32.2. The molecule has 1 heterocycles. The van der Waals surface area contributed by atoms with Crippen LogP contribution in [0.15, 0.2) is 41.1 Å². The smallest absolute Gasteiger partial charge is 0.356 e. The van der Waals surface area contributed by atoms with Gasteiger partial charge in [-0.2, -0.15) is 0 Å². The fourth-order valence-corrected chi connectivity index (χ4v) is 2.40. The normalized spacial score (nSPS) is 10.2. The minimum Gasteiger partial charge on any atom is -0.476 e. The highest BCUT2D eigenvalue weighted by atomic mass is 79.9. The molecule has 0 radical (unpaired) electrons. The summed E-state index contributed by atoms with van der Waals surface area (Å²) in [5.41, 5.74) is 0.918. The molecule has 0 aliphatic heterocycles. The molecule has 2 N–H and O–H groups in total. The van der Waals surface area contributed by atoms with E-state index in [0.717, 1.165) is 10.0 Å². The van der Waals surface area contributed by atoms with Gasteiger partial charge in [-0.1, -0.05) is 34.1 Å². The van der Waals surface area contributed by atoms with Crippen LogP contribution in [0.2, 0.25) is 0 Å². The topological polar surface area (TPSA) is 95.4 Å². The summed E-state index contributed by atoms with van der Waals surface area (Å²) in [6.07, 6.45) is 2.80. The largest absolute Gasteiger partial charge is 0.476 e. The molecule has 0 saturated heterocycles. The Morgan fingerprint density at radius 2 is 2.00 bits per heavy atom. The number of carbonyl (C=O) groups is 2. The van der Waals surface area contributed by atoms with Gasteiger partial charge in [0.1, 0.15) is 5.82 Å². The predicted molar refractivity (Wildman–Crippen MR) is 92.7 cm³/mol. The third-order valence-corrected chi connectivity index (χ3v) is 4.08. The zero-order valence-corrected chi connectivity index (χ0v) is 14.7. The Balaban J connectivity index is 1.80. The van der Waals surface area contributed by atoms with Crippen molar-refractivity contribution in [1.29, 1.82) is 0 Å². The van der Waals surface area contributed by atoms with Gasteiger partial charge in [-0.3, -0.25) is 4.79 Å². The van der Waals surface area contributed by atoms with Crippen LogP contribution in [0.5, 0.6) is 0 Å². The number of nitrogens with zero attached hydrogens (tertiary/aromatic N) is 3. The number of aromatic carboxylic acids is 1. The number of aromatic nitrogens is 2. The van der Waals surface area contributed by atoms with Gasteiger partial charge in [-0.05, 0) is 11.6 Å². The number of carboxylic acid groups (broad SMARTS) is 1. The van der Waals surface area contributed by atoms with Crippen LogP contribution in [0, 0.1) is 0 Å². The molecule has 0 spiro atoms. The number of halogens is 1. The summed E-state index contributed by atoms with van der Waals surface area (Å²) in [6.45, 7) is 0.910. The van der Waals surface area contributed by atoms with Gasteiger partial charge in [0.25, 0.3) is 0 Å². The number of benzene rings is 1. The summed E-state index contributed by atoms with van der Waals surface area (Å²) in [5.74, 6) is -0.701. The molecule has 24 heavy (non-hydrogen) atoms. The van der Waals surface area contributed by atoms with Crippen LogP contribution in [-0.2, 0) is 11.3 Å². The minimum atomic E-state index is -1.13. The van der Waals surface area contributed by atoms with Crippen molar-refractivity contribution < 1.29 is 14.7 Å². The van der Waals surface area contributed by atoms with E-state index in [2.05, 4.69) is 31.2 Å². The van der Waals surface area contributed by atoms with E-state index < -0.39 is 5.97 Å². The molecule has 0 unspecified atom stereocenters. The Hall–Kier alpha value is -2.48. The van der Waals surface area contributed by atoms with Crippen LogP contribution in [0.25, 0.3) is 0 Å². The number of hydrogen-bond acceptors (Lipinski definition) is 5. The lowest BCUT2D eigenvalue weighted by Crippen LogP contribution is -2.28. The molecule has 0 aliphatic rings. The second-order valence-corrected chi connectivity index (χ2v) is 5.96. The highest BCUT2D eigenvalue weighted by Gasteiger charge is 2.11. The number of rotatable bonds is 7. The second-order valence-electron chi connectivity index (χ2n) is 5.11. The molecule has 0 bridgehead atoms. The van der Waals surface area contributed by atoms with Crippen LogP contribution < -0.4 is 5.32 Å². The molecule has 2 rings (SSSR count). The fraction of sp³-hybridized carbons (Fsp3) is 0.250. The van der Waals surface area contributed by atoms with Gasteiger partial charge < -0.3 is 15.3 Å². The zero-order chi connectivity index (χ0) is 17.5. The number of hydrogen-bond donors (Lipinski definition) is 2. The predicted octanol–water partition coefficient (Wildman–Crippen LogP) is 2.40. The summed E-state index contributed by atoms with van der Waals surface area (Å²) < 4.78 is 0.969. The first-order valence-corrected chi connectivity index (χ1v) is 8.03. The van der Waals surface area contributed by atoms with Crippen molar-refractivity contribution in [3.05, 3.63) is 52.4 Å². The lowest BCUT2D eigenvalue weighted by molar-refractivity contribution is -0.130. The van der Waals surface area contributed by atoms with E-state index in [0.29, 0.717) is 25.3 Å². The van der Waals surface area contributed by atoms with E-state index >= 15 is 0 Å². The monoisotopic (exact) mass is 392 g/mol. The van der Waals surface area contributed by atoms with Crippen molar-refractivity contribution >= 4 is 33.6 Å². The van der Waals surface area contributed by atoms with Crippen LogP contribution >= 0.6 is 15.9 Å². The van der Waals surface area contributed by atoms with E-state index in [4.69, 9.17) is 5.11 Å². The van der Waals surface area contributed by atoms with Crippen molar-refractivity contribution in [3.63, 3.8) is 0 Å². The summed E-state index contributed by atoms with van der Waals surface area (Å²) in [5, 5.41) is 11.7. The van der Waals surface area contributed by atoms with Crippen molar-refractivity contribution in [2.24, 2.45) is 0 Å². The van der Waals surface area contributed by atoms with Crippen molar-refractivity contribution in [2.45, 2.75) is 13.0 Å². The Labute approximate surface area is 147 Å². The van der Waals surface area contributed by atoms with Crippen LogP contribution in [0.1, 0.15) is 22.5 Å². The molecule has 1 amide bonds. The molecular weight excluding hydrogens is 376 g/mol. The lowest BCUT2D eigenvalue weighted by atomic mass is 10.2. The van der Waals surface area contributed by atoms with Crippen LogP contribution in [0.4, 0.5) is 5.82 Å². The summed E-state index contributed by atoms with van der Waals surface area (Å²) in [6, 6.07) is 7.76. The Bertz CT molecular complexity index is 722. The number of carbonyl (C=O) groups excluding carboxylic acids is 1. The van der Waals surface area contributed by atoms with E-state index in [9.17, 15) is 9.59 Å². The maximum Gasteiger partial charge on any atom is 0.356 e. The molecule has 8 heteroatoms. The molecular formula is C16H17BrN4O3. The van der Waals surface area contributed by atoms with Gasteiger partial charge in [-0.25, -0.2) is 14.8 Å². The first kappa shape index (κ1) is 17.9. The van der Waals surface area contributed by atoms with Crippen molar-refractivity contribution in [2.75, 3.05) is 18.9 Å². The highest BCUT2D eigenvalue weighted by molar-refractivity contribution is 9.10. The number of anilines is 1. The maximum atomic E-state index is 12.1. The minimum absolute atomic E-state index is 0.00614. The third-order valence-electron chi connectivity index (χ3n) is 3.31. The SMILES string of the molecule is CN(Cc1ccccc1Br)C(=O)CCNc1cnc(C(=O)O)cn1. The molecule has 1 aromatic carbocycles. The van der Waals surface area contributed by atoms with E-state index in [1.165, 1.54) is 12.4 Å². The Morgan fingerprint density at radius 3 is 2.62 bits per heavy atom. The molecule has 2 aromatic rings. The molecule has 7 nitrogen and oxygen atoms in total. The van der Waals surface area contributed by atoms with Gasteiger partial charge in [-0.15, -0.1) is 0 Å². The van der Waals surface area contributed by atoms with E-state index in [1.807, 2.05) is 24.3 Å². The zero-order valence-electron chi connectivity index (χ0n) is 13.1. The van der Waals surface area contributed by atoms with Gasteiger partial charge in [0, 0.05) is 31.0 Å².